The first-order chi connectivity index (χ1) is 9.16. The van der Waals surface area contributed by atoms with Crippen LogP contribution in [0.15, 0.2) is 18.2 Å². The van der Waals surface area contributed by atoms with E-state index in [1.165, 1.54) is 18.2 Å². The molecule has 1 amide bonds. The molecule has 1 aromatic carbocycles. The van der Waals surface area contributed by atoms with Crippen molar-refractivity contribution in [3.05, 3.63) is 35.4 Å². The first kappa shape index (κ1) is 13.9. The van der Waals surface area contributed by atoms with E-state index in [4.69, 9.17) is 0 Å². The molecule has 1 fully saturated rings. The molecular weight excluding hydrogens is 250 g/mol. The highest BCUT2D eigenvalue weighted by Gasteiger charge is 2.22. The Bertz CT molecular complexity index is 427. The molecule has 3 nitrogen and oxygen atoms in total. The molecule has 5 heteroatoms. The number of rotatable bonds is 7. The summed E-state index contributed by atoms with van der Waals surface area (Å²) in [6.07, 6.45) is 3.27. The molecule has 0 saturated heterocycles. The summed E-state index contributed by atoms with van der Waals surface area (Å²) in [5, 5.41) is 5.84. The van der Waals surface area contributed by atoms with Crippen LogP contribution in [-0.2, 0) is 11.3 Å². The molecule has 2 rings (SSSR count). The second-order valence-corrected chi connectivity index (χ2v) is 4.82. The van der Waals surface area contributed by atoms with Crippen molar-refractivity contribution in [2.75, 3.05) is 6.54 Å². The average Bonchev–Trinajstić information content (AvgIpc) is 3.16. The van der Waals surface area contributed by atoms with Crippen LogP contribution in [0.5, 0.6) is 0 Å². The van der Waals surface area contributed by atoms with Crippen LogP contribution in [0.3, 0.4) is 0 Å². The molecule has 19 heavy (non-hydrogen) atoms. The Labute approximate surface area is 111 Å². The molecule has 2 N–H and O–H groups in total. The van der Waals surface area contributed by atoms with Crippen molar-refractivity contribution >= 4 is 5.91 Å². The van der Waals surface area contributed by atoms with Crippen LogP contribution in [0, 0.1) is 11.6 Å². The van der Waals surface area contributed by atoms with E-state index in [2.05, 4.69) is 10.6 Å². The summed E-state index contributed by atoms with van der Waals surface area (Å²) in [6.45, 7) is 0.703. The van der Waals surface area contributed by atoms with Crippen molar-refractivity contribution in [3.63, 3.8) is 0 Å². The maximum atomic E-state index is 13.3. The Morgan fingerprint density at radius 1 is 1.26 bits per heavy atom. The van der Waals surface area contributed by atoms with E-state index < -0.39 is 11.6 Å². The van der Waals surface area contributed by atoms with E-state index in [9.17, 15) is 13.6 Å². The van der Waals surface area contributed by atoms with Crippen LogP contribution in [0.25, 0.3) is 0 Å². The molecule has 0 atom stereocenters. The second kappa shape index (κ2) is 6.61. The van der Waals surface area contributed by atoms with E-state index in [-0.39, 0.29) is 18.0 Å². The Morgan fingerprint density at radius 2 is 1.95 bits per heavy atom. The van der Waals surface area contributed by atoms with Crippen molar-refractivity contribution in [2.45, 2.75) is 38.3 Å². The normalized spacial score (nSPS) is 14.4. The summed E-state index contributed by atoms with van der Waals surface area (Å²) >= 11 is 0. The fourth-order valence-corrected chi connectivity index (χ4v) is 1.82. The SMILES string of the molecule is O=C(CCCNCc1c(F)cccc1F)NC1CC1. The van der Waals surface area contributed by atoms with E-state index in [1.807, 2.05) is 0 Å². The highest BCUT2D eigenvalue weighted by atomic mass is 19.1. The van der Waals surface area contributed by atoms with E-state index in [1.54, 1.807) is 0 Å². The summed E-state index contributed by atoms with van der Waals surface area (Å²) in [7, 11) is 0. The Morgan fingerprint density at radius 3 is 2.58 bits per heavy atom. The van der Waals surface area contributed by atoms with Gasteiger partial charge in [0.15, 0.2) is 0 Å². The van der Waals surface area contributed by atoms with Gasteiger partial charge in [-0.3, -0.25) is 4.79 Å². The van der Waals surface area contributed by atoms with Gasteiger partial charge in [-0.1, -0.05) is 6.07 Å². The van der Waals surface area contributed by atoms with Crippen LogP contribution < -0.4 is 10.6 Å². The number of hydrogen-bond donors (Lipinski definition) is 2. The number of benzene rings is 1. The topological polar surface area (TPSA) is 41.1 Å². The summed E-state index contributed by atoms with van der Waals surface area (Å²) < 4.78 is 26.6. The molecular formula is C14H18F2N2O. The molecule has 1 saturated carbocycles. The number of hydrogen-bond acceptors (Lipinski definition) is 2. The highest BCUT2D eigenvalue weighted by molar-refractivity contribution is 5.76. The van der Waals surface area contributed by atoms with Crippen LogP contribution in [0.1, 0.15) is 31.2 Å². The van der Waals surface area contributed by atoms with Crippen LogP contribution in [-0.4, -0.2) is 18.5 Å². The molecule has 0 unspecified atom stereocenters. The Kier molecular flexibility index (Phi) is 4.85. The number of halogens is 2. The fraction of sp³-hybridized carbons (Fsp3) is 0.500. The minimum Gasteiger partial charge on any atom is -0.353 e. The summed E-state index contributed by atoms with van der Waals surface area (Å²) in [4.78, 5) is 11.4. The molecule has 104 valence electrons. The van der Waals surface area contributed by atoms with E-state index in [0.717, 1.165) is 12.8 Å². The van der Waals surface area contributed by atoms with Gasteiger partial charge in [-0.15, -0.1) is 0 Å². The smallest absolute Gasteiger partial charge is 0.220 e. The zero-order valence-corrected chi connectivity index (χ0v) is 10.7. The molecule has 1 aromatic rings. The van der Waals surface area contributed by atoms with Gasteiger partial charge in [-0.25, -0.2) is 8.78 Å². The Balaban J connectivity index is 1.62. The predicted octanol–water partition coefficient (Wildman–Crippen LogP) is 2.11. The van der Waals surface area contributed by atoms with Crippen molar-refractivity contribution in [3.8, 4) is 0 Å². The van der Waals surface area contributed by atoms with Crippen molar-refractivity contribution in [1.82, 2.24) is 10.6 Å². The highest BCUT2D eigenvalue weighted by Crippen LogP contribution is 2.18. The van der Waals surface area contributed by atoms with Crippen LogP contribution in [0.2, 0.25) is 0 Å². The molecule has 0 radical (unpaired) electrons. The quantitative estimate of drug-likeness (QED) is 0.744. The monoisotopic (exact) mass is 268 g/mol. The summed E-state index contributed by atoms with van der Waals surface area (Å²) in [5.74, 6) is -1.03. The van der Waals surface area contributed by atoms with Gasteiger partial charge in [0.1, 0.15) is 11.6 Å². The lowest BCUT2D eigenvalue weighted by Gasteiger charge is -2.07. The second-order valence-electron chi connectivity index (χ2n) is 4.82. The Hall–Kier alpha value is -1.49. The maximum absolute atomic E-state index is 13.3. The van der Waals surface area contributed by atoms with Gasteiger partial charge in [0.05, 0.1) is 0 Å². The molecule has 0 aliphatic heterocycles. The zero-order chi connectivity index (χ0) is 13.7. The van der Waals surface area contributed by atoms with Crippen molar-refractivity contribution in [2.24, 2.45) is 0 Å². The summed E-state index contributed by atoms with van der Waals surface area (Å²) in [6, 6.07) is 4.20. The van der Waals surface area contributed by atoms with Gasteiger partial charge >= 0.3 is 0 Å². The van der Waals surface area contributed by atoms with Gasteiger partial charge in [0.2, 0.25) is 5.91 Å². The van der Waals surface area contributed by atoms with E-state index in [0.29, 0.717) is 25.4 Å². The van der Waals surface area contributed by atoms with Crippen LogP contribution >= 0.6 is 0 Å². The number of carbonyl (C=O) groups is 1. The first-order valence-electron chi connectivity index (χ1n) is 6.60. The van der Waals surface area contributed by atoms with Gasteiger partial charge in [-0.2, -0.15) is 0 Å². The zero-order valence-electron chi connectivity index (χ0n) is 10.7. The summed E-state index contributed by atoms with van der Waals surface area (Å²) in [5.41, 5.74) is 0.0462. The molecule has 0 bridgehead atoms. The van der Waals surface area contributed by atoms with Gasteiger partial charge < -0.3 is 10.6 Å². The number of carbonyl (C=O) groups excluding carboxylic acids is 1. The fourth-order valence-electron chi connectivity index (χ4n) is 1.82. The van der Waals surface area contributed by atoms with Crippen molar-refractivity contribution in [1.29, 1.82) is 0 Å². The molecule has 0 spiro atoms. The van der Waals surface area contributed by atoms with Gasteiger partial charge in [-0.05, 0) is 37.9 Å². The minimum absolute atomic E-state index is 0.0462. The number of nitrogens with one attached hydrogen (secondary N) is 2. The third kappa shape index (κ3) is 4.59. The third-order valence-electron chi connectivity index (χ3n) is 3.06. The van der Waals surface area contributed by atoms with Gasteiger partial charge in [0.25, 0.3) is 0 Å². The van der Waals surface area contributed by atoms with Crippen molar-refractivity contribution < 1.29 is 13.6 Å². The minimum atomic E-state index is -0.543. The van der Waals surface area contributed by atoms with Gasteiger partial charge in [0, 0.05) is 24.6 Å². The first-order valence-corrected chi connectivity index (χ1v) is 6.60. The lowest BCUT2D eigenvalue weighted by atomic mass is 10.2. The molecule has 0 aromatic heterocycles. The maximum Gasteiger partial charge on any atom is 0.220 e. The predicted molar refractivity (Wildman–Crippen MR) is 68.5 cm³/mol. The number of amides is 1. The third-order valence-corrected chi connectivity index (χ3v) is 3.06. The van der Waals surface area contributed by atoms with E-state index >= 15 is 0 Å². The lowest BCUT2D eigenvalue weighted by molar-refractivity contribution is -0.121. The molecule has 0 heterocycles. The average molecular weight is 268 g/mol. The van der Waals surface area contributed by atoms with Crippen LogP contribution in [0.4, 0.5) is 8.78 Å². The standard InChI is InChI=1S/C14H18F2N2O/c15-12-3-1-4-13(16)11(12)9-17-8-2-5-14(19)18-10-6-7-10/h1,3-4,10,17H,2,5-9H2,(H,18,19). The molecule has 1 aliphatic rings. The largest absolute Gasteiger partial charge is 0.353 e. The molecule has 1 aliphatic carbocycles. The lowest BCUT2D eigenvalue weighted by Crippen LogP contribution is -2.26.